The van der Waals surface area contributed by atoms with E-state index in [4.69, 9.17) is 11.5 Å². The second-order valence-electron chi connectivity index (χ2n) is 6.49. The first kappa shape index (κ1) is 16.2. The topological polar surface area (TPSA) is 105 Å². The number of likely N-dealkylation sites (tertiary alicyclic amines) is 1. The van der Waals surface area contributed by atoms with Crippen LogP contribution in [0.4, 0.5) is 11.8 Å². The van der Waals surface area contributed by atoms with Crippen LogP contribution in [-0.4, -0.2) is 28.0 Å². The van der Waals surface area contributed by atoms with Gasteiger partial charge in [-0.3, -0.25) is 4.90 Å². The Labute approximate surface area is 142 Å². The summed E-state index contributed by atoms with van der Waals surface area (Å²) in [6.45, 7) is 5.46. The minimum absolute atomic E-state index is 0.0803. The number of piperidine rings is 1. The molecule has 0 bridgehead atoms. The van der Waals surface area contributed by atoms with Gasteiger partial charge >= 0.3 is 0 Å². The molecule has 1 aromatic heterocycles. The highest BCUT2D eigenvalue weighted by atomic mass is 15.1. The van der Waals surface area contributed by atoms with E-state index in [0.717, 1.165) is 31.1 Å². The number of aromatic nitrogens is 2. The molecule has 124 valence electrons. The lowest BCUT2D eigenvalue weighted by molar-refractivity contribution is 0.176. The molecule has 0 saturated carbocycles. The van der Waals surface area contributed by atoms with E-state index in [0.29, 0.717) is 5.69 Å². The fraction of sp³-hybridized carbons (Fsp3) is 0.389. The van der Waals surface area contributed by atoms with Crippen molar-refractivity contribution in [3.63, 3.8) is 0 Å². The van der Waals surface area contributed by atoms with Gasteiger partial charge in [-0.05, 0) is 36.9 Å². The lowest BCUT2D eigenvalue weighted by Gasteiger charge is -2.30. The van der Waals surface area contributed by atoms with Gasteiger partial charge in [-0.2, -0.15) is 10.2 Å². The Bertz CT molecular complexity index is 780. The summed E-state index contributed by atoms with van der Waals surface area (Å²) in [5, 5.41) is 9.35. The Hall–Kier alpha value is -2.65. The van der Waals surface area contributed by atoms with Gasteiger partial charge in [0.1, 0.15) is 17.5 Å². The molecule has 1 aliphatic rings. The molecule has 3 rings (SSSR count). The van der Waals surface area contributed by atoms with Crippen LogP contribution in [0.1, 0.15) is 30.9 Å². The zero-order valence-electron chi connectivity index (χ0n) is 13.9. The zero-order chi connectivity index (χ0) is 17.1. The van der Waals surface area contributed by atoms with Gasteiger partial charge in [0.05, 0.1) is 5.69 Å². The number of hydrogen-bond acceptors (Lipinski definition) is 6. The summed E-state index contributed by atoms with van der Waals surface area (Å²) in [4.78, 5) is 10.6. The third-order valence-electron chi connectivity index (χ3n) is 4.41. The zero-order valence-corrected chi connectivity index (χ0v) is 13.9. The van der Waals surface area contributed by atoms with E-state index in [1.165, 1.54) is 18.4 Å². The van der Waals surface area contributed by atoms with E-state index in [-0.39, 0.29) is 17.3 Å². The average Bonchev–Trinajstić information content (AvgIpc) is 2.54. The first-order valence-electron chi connectivity index (χ1n) is 8.21. The standard InChI is InChI=1S/C18H22N6/c1-12-4-3-7-24(10-12)11-13-5-2-6-14(8-13)16-15(9-19)17(20)23-18(21)22-16/h2,5-6,8,12H,3-4,7,10-11H2,1H3,(H4,20,21,22,23). The van der Waals surface area contributed by atoms with Crippen molar-refractivity contribution in [2.24, 2.45) is 5.92 Å². The second-order valence-corrected chi connectivity index (χ2v) is 6.49. The van der Waals surface area contributed by atoms with Crippen LogP contribution in [0.2, 0.25) is 0 Å². The molecule has 1 unspecified atom stereocenters. The van der Waals surface area contributed by atoms with Crippen LogP contribution in [0.25, 0.3) is 11.3 Å². The normalized spacial score (nSPS) is 18.2. The summed E-state index contributed by atoms with van der Waals surface area (Å²) in [6, 6.07) is 10.1. The fourth-order valence-electron chi connectivity index (χ4n) is 3.32. The Kier molecular flexibility index (Phi) is 4.63. The van der Waals surface area contributed by atoms with Crippen molar-refractivity contribution in [2.75, 3.05) is 24.6 Å². The molecule has 1 atom stereocenters. The molecule has 1 saturated heterocycles. The van der Waals surface area contributed by atoms with Gasteiger partial charge in [-0.25, -0.2) is 4.98 Å². The SMILES string of the molecule is CC1CCCN(Cc2cccc(-c3nc(N)nc(N)c3C#N)c2)C1. The van der Waals surface area contributed by atoms with Crippen molar-refractivity contribution >= 4 is 11.8 Å². The molecule has 0 amide bonds. The molecule has 0 radical (unpaired) electrons. The van der Waals surface area contributed by atoms with Crippen molar-refractivity contribution in [2.45, 2.75) is 26.3 Å². The lowest BCUT2D eigenvalue weighted by atomic mass is 9.99. The average molecular weight is 322 g/mol. The third kappa shape index (κ3) is 3.47. The van der Waals surface area contributed by atoms with Crippen LogP contribution in [-0.2, 0) is 6.54 Å². The van der Waals surface area contributed by atoms with E-state index >= 15 is 0 Å². The smallest absolute Gasteiger partial charge is 0.222 e. The van der Waals surface area contributed by atoms with E-state index < -0.39 is 0 Å². The predicted molar refractivity (Wildman–Crippen MR) is 94.7 cm³/mol. The number of nitrogen functional groups attached to an aromatic ring is 2. The van der Waals surface area contributed by atoms with Crippen LogP contribution in [0, 0.1) is 17.2 Å². The van der Waals surface area contributed by atoms with Crippen LogP contribution in [0.15, 0.2) is 24.3 Å². The number of nitrogens with zero attached hydrogens (tertiary/aromatic N) is 4. The molecule has 6 nitrogen and oxygen atoms in total. The first-order chi connectivity index (χ1) is 11.6. The lowest BCUT2D eigenvalue weighted by Crippen LogP contribution is -2.33. The maximum absolute atomic E-state index is 9.35. The number of benzene rings is 1. The fourth-order valence-corrected chi connectivity index (χ4v) is 3.32. The first-order valence-corrected chi connectivity index (χ1v) is 8.21. The van der Waals surface area contributed by atoms with E-state index in [2.05, 4.69) is 40.0 Å². The van der Waals surface area contributed by atoms with Crippen molar-refractivity contribution in [3.05, 3.63) is 35.4 Å². The molecule has 2 heterocycles. The molecule has 24 heavy (non-hydrogen) atoms. The Morgan fingerprint density at radius 2 is 2.17 bits per heavy atom. The van der Waals surface area contributed by atoms with Gasteiger partial charge in [-0.1, -0.05) is 25.1 Å². The summed E-state index contributed by atoms with van der Waals surface area (Å²) in [6.07, 6.45) is 2.56. The largest absolute Gasteiger partial charge is 0.382 e. The number of rotatable bonds is 3. The van der Waals surface area contributed by atoms with Crippen LogP contribution in [0.3, 0.4) is 0 Å². The maximum atomic E-state index is 9.35. The van der Waals surface area contributed by atoms with Gasteiger partial charge in [0.2, 0.25) is 5.95 Å². The van der Waals surface area contributed by atoms with E-state index in [1.807, 2.05) is 12.1 Å². The minimum Gasteiger partial charge on any atom is -0.382 e. The highest BCUT2D eigenvalue weighted by Crippen LogP contribution is 2.27. The van der Waals surface area contributed by atoms with Crippen molar-refractivity contribution in [1.29, 1.82) is 5.26 Å². The number of anilines is 2. The molecule has 1 fully saturated rings. The van der Waals surface area contributed by atoms with Gasteiger partial charge in [0.25, 0.3) is 0 Å². The Morgan fingerprint density at radius 1 is 1.33 bits per heavy atom. The van der Waals surface area contributed by atoms with Crippen molar-refractivity contribution in [3.8, 4) is 17.3 Å². The summed E-state index contributed by atoms with van der Waals surface area (Å²) in [7, 11) is 0. The van der Waals surface area contributed by atoms with Crippen LogP contribution >= 0.6 is 0 Å². The summed E-state index contributed by atoms with van der Waals surface area (Å²) >= 11 is 0. The number of nitriles is 1. The monoisotopic (exact) mass is 322 g/mol. The number of hydrogen-bond donors (Lipinski definition) is 2. The molecular weight excluding hydrogens is 300 g/mol. The van der Waals surface area contributed by atoms with Gasteiger partial charge < -0.3 is 11.5 Å². The van der Waals surface area contributed by atoms with Gasteiger partial charge in [-0.15, -0.1) is 0 Å². The van der Waals surface area contributed by atoms with E-state index in [9.17, 15) is 5.26 Å². The molecule has 0 aliphatic carbocycles. The molecule has 4 N–H and O–H groups in total. The third-order valence-corrected chi connectivity index (χ3v) is 4.41. The summed E-state index contributed by atoms with van der Waals surface area (Å²) in [5.74, 6) is 0.945. The van der Waals surface area contributed by atoms with Gasteiger partial charge in [0.15, 0.2) is 0 Å². The quantitative estimate of drug-likeness (QED) is 0.899. The highest BCUT2D eigenvalue weighted by molar-refractivity contribution is 5.73. The number of nitrogens with two attached hydrogens (primary N) is 2. The second kappa shape index (κ2) is 6.85. The minimum atomic E-state index is 0.0803. The van der Waals surface area contributed by atoms with E-state index in [1.54, 1.807) is 0 Å². The molecular formula is C18H22N6. The molecule has 1 aliphatic heterocycles. The molecule has 0 spiro atoms. The maximum Gasteiger partial charge on any atom is 0.222 e. The highest BCUT2D eigenvalue weighted by Gasteiger charge is 2.17. The molecule has 1 aromatic carbocycles. The van der Waals surface area contributed by atoms with Gasteiger partial charge in [0, 0.05) is 18.7 Å². The van der Waals surface area contributed by atoms with Crippen molar-refractivity contribution < 1.29 is 0 Å². The van der Waals surface area contributed by atoms with Crippen LogP contribution < -0.4 is 11.5 Å². The molecule has 2 aromatic rings. The van der Waals surface area contributed by atoms with Crippen molar-refractivity contribution in [1.82, 2.24) is 14.9 Å². The summed E-state index contributed by atoms with van der Waals surface area (Å²) in [5.41, 5.74) is 14.3. The predicted octanol–water partition coefficient (Wildman–Crippen LogP) is 2.41. The van der Waals surface area contributed by atoms with Crippen LogP contribution in [0.5, 0.6) is 0 Å². The Morgan fingerprint density at radius 3 is 2.92 bits per heavy atom. The Balaban J connectivity index is 1.90. The molecule has 6 heteroatoms. The summed E-state index contributed by atoms with van der Waals surface area (Å²) < 4.78 is 0.